The van der Waals surface area contributed by atoms with Crippen LogP contribution in [0.25, 0.3) is 34.0 Å². The molecule has 0 bridgehead atoms. The number of aromatic nitrogens is 3. The number of hydrogen-bond acceptors (Lipinski definition) is 6. The molecular formula is C27H30FN5O. The van der Waals surface area contributed by atoms with E-state index in [0.29, 0.717) is 36.2 Å². The standard InChI is InChI=1S/C27H30FN5O/c1-18(2)3-4-19-5-9-22(10-6-19)24-17-31-27(29)26(32-24)25-15-23(33-34-25)21-11-7-20(8-12-21)16-30-14-13-28/h5-12,15,17-18,30H,3-4,13-14,16H2,1-2H3,(H2,29,31). The van der Waals surface area contributed by atoms with Crippen LogP contribution in [0.1, 0.15) is 31.4 Å². The number of hydrogen-bond donors (Lipinski definition) is 2. The second-order valence-corrected chi connectivity index (χ2v) is 8.76. The Balaban J connectivity index is 1.51. The van der Waals surface area contributed by atoms with Crippen molar-refractivity contribution >= 4 is 5.82 Å². The number of anilines is 1. The highest BCUT2D eigenvalue weighted by molar-refractivity contribution is 5.73. The Morgan fingerprint density at radius 2 is 1.65 bits per heavy atom. The number of aryl methyl sites for hydroxylation is 1. The van der Waals surface area contributed by atoms with Gasteiger partial charge in [-0.15, -0.1) is 0 Å². The smallest absolute Gasteiger partial charge is 0.189 e. The Morgan fingerprint density at radius 3 is 2.32 bits per heavy atom. The maximum atomic E-state index is 12.2. The van der Waals surface area contributed by atoms with E-state index in [4.69, 9.17) is 15.2 Å². The maximum absolute atomic E-state index is 12.2. The lowest BCUT2D eigenvalue weighted by atomic mass is 10.0. The van der Waals surface area contributed by atoms with Gasteiger partial charge in [0, 0.05) is 30.3 Å². The molecule has 2 aromatic heterocycles. The molecular weight excluding hydrogens is 429 g/mol. The fraction of sp³-hybridized carbons (Fsp3) is 0.296. The summed E-state index contributed by atoms with van der Waals surface area (Å²) in [5.74, 6) is 1.43. The lowest BCUT2D eigenvalue weighted by molar-refractivity contribution is 0.434. The molecule has 0 fully saturated rings. The van der Waals surface area contributed by atoms with Crippen LogP contribution in [0.2, 0.25) is 0 Å². The maximum Gasteiger partial charge on any atom is 0.189 e. The predicted octanol–water partition coefficient (Wildman–Crippen LogP) is 5.70. The van der Waals surface area contributed by atoms with Gasteiger partial charge in [0.05, 0.1) is 11.9 Å². The summed E-state index contributed by atoms with van der Waals surface area (Å²) in [6, 6.07) is 18.1. The van der Waals surface area contributed by atoms with Gasteiger partial charge in [0.1, 0.15) is 12.4 Å². The van der Waals surface area contributed by atoms with Gasteiger partial charge in [0.2, 0.25) is 0 Å². The molecule has 0 radical (unpaired) electrons. The zero-order valence-electron chi connectivity index (χ0n) is 19.6. The van der Waals surface area contributed by atoms with Crippen molar-refractivity contribution < 1.29 is 8.91 Å². The number of nitrogens with one attached hydrogen (secondary N) is 1. The fourth-order valence-electron chi connectivity index (χ4n) is 3.63. The summed E-state index contributed by atoms with van der Waals surface area (Å²) in [5.41, 5.74) is 12.2. The van der Waals surface area contributed by atoms with Crippen molar-refractivity contribution in [3.05, 3.63) is 71.9 Å². The van der Waals surface area contributed by atoms with Crippen molar-refractivity contribution in [2.24, 2.45) is 5.92 Å². The molecule has 0 unspecified atom stereocenters. The molecule has 0 atom stereocenters. The third-order valence-electron chi connectivity index (χ3n) is 5.65. The molecule has 0 aliphatic rings. The largest absolute Gasteiger partial charge is 0.382 e. The summed E-state index contributed by atoms with van der Waals surface area (Å²) in [7, 11) is 0. The van der Waals surface area contributed by atoms with Crippen LogP contribution in [-0.2, 0) is 13.0 Å². The van der Waals surface area contributed by atoms with E-state index in [1.165, 1.54) is 5.56 Å². The van der Waals surface area contributed by atoms with Crippen LogP contribution < -0.4 is 11.1 Å². The summed E-state index contributed by atoms with van der Waals surface area (Å²) >= 11 is 0. The average molecular weight is 460 g/mol. The molecule has 2 heterocycles. The van der Waals surface area contributed by atoms with Gasteiger partial charge in [-0.1, -0.05) is 67.5 Å². The molecule has 0 saturated heterocycles. The molecule has 0 saturated carbocycles. The molecule has 6 nitrogen and oxygen atoms in total. The normalized spacial score (nSPS) is 11.3. The van der Waals surface area contributed by atoms with Crippen molar-refractivity contribution in [3.63, 3.8) is 0 Å². The quantitative estimate of drug-likeness (QED) is 0.296. The molecule has 2 aromatic carbocycles. The summed E-state index contributed by atoms with van der Waals surface area (Å²) in [5, 5.41) is 7.23. The highest BCUT2D eigenvalue weighted by atomic mass is 19.1. The molecule has 0 spiro atoms. The number of nitrogen functional groups attached to an aromatic ring is 1. The van der Waals surface area contributed by atoms with Gasteiger partial charge < -0.3 is 15.6 Å². The van der Waals surface area contributed by atoms with Gasteiger partial charge in [0.15, 0.2) is 17.3 Å². The van der Waals surface area contributed by atoms with Gasteiger partial charge >= 0.3 is 0 Å². The summed E-state index contributed by atoms with van der Waals surface area (Å²) < 4.78 is 17.8. The van der Waals surface area contributed by atoms with Gasteiger partial charge in [-0.3, -0.25) is 0 Å². The van der Waals surface area contributed by atoms with E-state index in [9.17, 15) is 4.39 Å². The number of alkyl halides is 1. The average Bonchev–Trinajstić information content (AvgIpc) is 3.34. The lowest BCUT2D eigenvalue weighted by Gasteiger charge is -2.07. The second-order valence-electron chi connectivity index (χ2n) is 8.76. The van der Waals surface area contributed by atoms with E-state index < -0.39 is 0 Å². The Hall–Kier alpha value is -3.58. The third kappa shape index (κ3) is 5.85. The second kappa shape index (κ2) is 11.0. The molecule has 3 N–H and O–H groups in total. The van der Waals surface area contributed by atoms with Crippen LogP contribution >= 0.6 is 0 Å². The molecule has 4 rings (SSSR count). The molecule has 0 amide bonds. The molecule has 176 valence electrons. The number of benzene rings is 2. The minimum absolute atomic E-state index is 0.286. The fourth-order valence-corrected chi connectivity index (χ4v) is 3.63. The Kier molecular flexibility index (Phi) is 7.65. The number of nitrogens with zero attached hydrogens (tertiary/aromatic N) is 3. The first kappa shape index (κ1) is 23.6. The third-order valence-corrected chi connectivity index (χ3v) is 5.65. The molecule has 7 heteroatoms. The minimum Gasteiger partial charge on any atom is -0.382 e. The topological polar surface area (TPSA) is 89.9 Å². The zero-order valence-corrected chi connectivity index (χ0v) is 19.6. The number of nitrogens with two attached hydrogens (primary N) is 1. The SMILES string of the molecule is CC(C)CCc1ccc(-c2cnc(N)c(-c3cc(-c4ccc(CNCCF)cc4)no3)n2)cc1. The minimum atomic E-state index is -0.378. The Morgan fingerprint density at radius 1 is 0.971 bits per heavy atom. The zero-order chi connectivity index (χ0) is 23.9. The van der Waals surface area contributed by atoms with Crippen LogP contribution in [0.5, 0.6) is 0 Å². The van der Waals surface area contributed by atoms with Crippen LogP contribution in [0, 0.1) is 5.92 Å². The molecule has 34 heavy (non-hydrogen) atoms. The summed E-state index contributed by atoms with van der Waals surface area (Å²) in [6.45, 7) is 5.05. The summed E-state index contributed by atoms with van der Waals surface area (Å²) in [4.78, 5) is 9.06. The molecule has 0 aliphatic heterocycles. The van der Waals surface area contributed by atoms with Crippen LogP contribution in [0.15, 0.2) is 65.3 Å². The van der Waals surface area contributed by atoms with Gasteiger partial charge in [0.25, 0.3) is 0 Å². The van der Waals surface area contributed by atoms with Gasteiger partial charge in [-0.2, -0.15) is 0 Å². The first-order valence-corrected chi connectivity index (χ1v) is 11.6. The van der Waals surface area contributed by atoms with E-state index in [-0.39, 0.29) is 12.5 Å². The van der Waals surface area contributed by atoms with E-state index in [1.54, 1.807) is 6.20 Å². The Bertz CT molecular complexity index is 1200. The highest BCUT2D eigenvalue weighted by Crippen LogP contribution is 2.30. The first-order chi connectivity index (χ1) is 16.5. The number of halogens is 1. The van der Waals surface area contributed by atoms with E-state index in [1.807, 2.05) is 30.3 Å². The van der Waals surface area contributed by atoms with Crippen LogP contribution in [0.4, 0.5) is 10.2 Å². The van der Waals surface area contributed by atoms with Crippen molar-refractivity contribution in [1.82, 2.24) is 20.4 Å². The molecule has 4 aromatic rings. The van der Waals surface area contributed by atoms with E-state index >= 15 is 0 Å². The van der Waals surface area contributed by atoms with Gasteiger partial charge in [-0.05, 0) is 29.9 Å². The van der Waals surface area contributed by atoms with E-state index in [0.717, 1.165) is 35.2 Å². The lowest BCUT2D eigenvalue weighted by Crippen LogP contribution is -2.15. The summed E-state index contributed by atoms with van der Waals surface area (Å²) in [6.07, 6.45) is 3.90. The van der Waals surface area contributed by atoms with Gasteiger partial charge in [-0.25, -0.2) is 14.4 Å². The monoisotopic (exact) mass is 459 g/mol. The molecule has 0 aliphatic carbocycles. The van der Waals surface area contributed by atoms with Crippen molar-refractivity contribution in [1.29, 1.82) is 0 Å². The van der Waals surface area contributed by atoms with E-state index in [2.05, 4.69) is 53.6 Å². The van der Waals surface area contributed by atoms with Crippen molar-refractivity contribution in [3.8, 4) is 34.0 Å². The van der Waals surface area contributed by atoms with Crippen molar-refractivity contribution in [2.45, 2.75) is 33.2 Å². The predicted molar refractivity (Wildman–Crippen MR) is 134 cm³/mol. The van der Waals surface area contributed by atoms with Crippen LogP contribution in [0.3, 0.4) is 0 Å². The Labute approximate surface area is 199 Å². The van der Waals surface area contributed by atoms with Crippen molar-refractivity contribution in [2.75, 3.05) is 19.0 Å². The number of rotatable bonds is 10. The first-order valence-electron chi connectivity index (χ1n) is 11.6. The highest BCUT2D eigenvalue weighted by Gasteiger charge is 2.15. The van der Waals surface area contributed by atoms with Crippen LogP contribution in [-0.4, -0.2) is 28.3 Å².